The minimum Gasteiger partial charge on any atom is -0.311 e. The van der Waals surface area contributed by atoms with Gasteiger partial charge in [-0.2, -0.15) is 0 Å². The van der Waals surface area contributed by atoms with Gasteiger partial charge >= 0.3 is 0 Å². The van der Waals surface area contributed by atoms with Crippen molar-refractivity contribution < 1.29 is 0 Å². The van der Waals surface area contributed by atoms with Crippen LogP contribution in [0.5, 0.6) is 0 Å². The predicted octanol–water partition coefficient (Wildman–Crippen LogP) is 14.1. The number of para-hydroxylation sites is 1. The number of hydrogen-bond donors (Lipinski definition) is 0. The number of benzene rings is 8. The Kier molecular flexibility index (Phi) is 7.63. The molecule has 0 saturated heterocycles. The van der Waals surface area contributed by atoms with Crippen molar-refractivity contribution >= 4 is 38.5 Å². The van der Waals surface area contributed by atoms with Crippen molar-refractivity contribution in [2.45, 2.75) is 5.41 Å². The summed E-state index contributed by atoms with van der Waals surface area (Å²) in [7, 11) is 0. The van der Waals surface area contributed by atoms with E-state index < -0.39 is 5.41 Å². The molecule has 1 heterocycles. The highest BCUT2D eigenvalue weighted by molar-refractivity contribution is 7.22. The summed E-state index contributed by atoms with van der Waals surface area (Å²) in [5, 5.41) is 1.33. The number of rotatable bonds is 7. The fourth-order valence-electron chi connectivity index (χ4n) is 8.38. The third-order valence-electron chi connectivity index (χ3n) is 10.8. The van der Waals surface area contributed by atoms with Crippen molar-refractivity contribution in [3.63, 3.8) is 0 Å². The first kappa shape index (κ1) is 31.3. The average Bonchev–Trinajstić information content (AvgIpc) is 3.76. The molecular weight excluding hydrogens is 659 g/mol. The minimum atomic E-state index is -0.415. The first-order chi connectivity index (χ1) is 26.3. The number of hydrogen-bond acceptors (Lipinski definition) is 2. The third kappa shape index (κ3) is 5.14. The van der Waals surface area contributed by atoms with Gasteiger partial charge in [-0.05, 0) is 104 Å². The molecule has 53 heavy (non-hydrogen) atoms. The highest BCUT2D eigenvalue weighted by Crippen LogP contribution is 2.61. The maximum absolute atomic E-state index is 2.43. The van der Waals surface area contributed by atoms with E-state index in [4.69, 9.17) is 0 Å². The van der Waals surface area contributed by atoms with E-state index >= 15 is 0 Å². The molecule has 9 aromatic rings. The fraction of sp³-hybridized carbons (Fsp3) is 0.0196. The van der Waals surface area contributed by atoms with Gasteiger partial charge in [0.05, 0.1) is 5.41 Å². The maximum Gasteiger partial charge on any atom is 0.0728 e. The van der Waals surface area contributed by atoms with Crippen molar-refractivity contribution in [2.75, 3.05) is 4.90 Å². The van der Waals surface area contributed by atoms with Gasteiger partial charge in [0.1, 0.15) is 0 Å². The Morgan fingerprint density at radius 2 is 0.830 bits per heavy atom. The number of fused-ring (bicyclic) bond motifs is 5. The molecule has 1 aromatic heterocycles. The van der Waals surface area contributed by atoms with Gasteiger partial charge in [0.25, 0.3) is 0 Å². The lowest BCUT2D eigenvalue weighted by atomic mass is 9.67. The van der Waals surface area contributed by atoms with Crippen LogP contribution in [0.25, 0.3) is 42.8 Å². The standard InChI is InChI=1S/C51H35NS/c1-5-15-36(16-6-1)37-25-30-43(31-26-37)52(42-21-11-4-12-22-42)44-32-27-38(28-33-44)39-29-34-47-46(35-39)50-49(45-23-13-14-24-48(45)53-50)51(47,40-17-7-2-8-18-40)41-19-9-3-10-20-41/h1-35H. The summed E-state index contributed by atoms with van der Waals surface area (Å²) in [6, 6.07) is 77.4. The number of thiophene rings is 1. The molecule has 0 radical (unpaired) electrons. The minimum absolute atomic E-state index is 0.415. The third-order valence-corrected chi connectivity index (χ3v) is 12.0. The molecule has 8 aromatic carbocycles. The Morgan fingerprint density at radius 1 is 0.377 bits per heavy atom. The molecule has 0 spiro atoms. The second kappa shape index (κ2) is 12.9. The molecule has 0 fully saturated rings. The summed E-state index contributed by atoms with van der Waals surface area (Å²) in [4.78, 5) is 3.69. The average molecular weight is 694 g/mol. The molecule has 0 aliphatic heterocycles. The Balaban J connectivity index is 1.09. The lowest BCUT2D eigenvalue weighted by Gasteiger charge is -2.34. The second-order valence-corrected chi connectivity index (χ2v) is 14.7. The number of anilines is 3. The molecule has 0 bridgehead atoms. The molecule has 1 aliphatic rings. The second-order valence-electron chi connectivity index (χ2n) is 13.7. The molecule has 0 N–H and O–H groups in total. The van der Waals surface area contributed by atoms with Crippen molar-refractivity contribution in [1.29, 1.82) is 0 Å². The van der Waals surface area contributed by atoms with Crippen LogP contribution in [0.1, 0.15) is 22.3 Å². The molecule has 1 aliphatic carbocycles. The Hall–Kier alpha value is -6.48. The Labute approximate surface area is 314 Å². The van der Waals surface area contributed by atoms with E-state index in [0.29, 0.717) is 0 Å². The van der Waals surface area contributed by atoms with Crippen LogP contribution in [0.15, 0.2) is 212 Å². The van der Waals surface area contributed by atoms with Crippen molar-refractivity contribution in [2.24, 2.45) is 0 Å². The quantitative estimate of drug-likeness (QED) is 0.161. The summed E-state index contributed by atoms with van der Waals surface area (Å²) in [6.45, 7) is 0. The fourth-order valence-corrected chi connectivity index (χ4v) is 9.67. The molecule has 0 amide bonds. The van der Waals surface area contributed by atoms with Crippen LogP contribution < -0.4 is 4.90 Å². The maximum atomic E-state index is 2.43. The topological polar surface area (TPSA) is 3.24 Å². The first-order valence-electron chi connectivity index (χ1n) is 18.2. The highest BCUT2D eigenvalue weighted by atomic mass is 32.1. The molecular formula is C51H35NS. The van der Waals surface area contributed by atoms with Gasteiger partial charge < -0.3 is 4.90 Å². The van der Waals surface area contributed by atoms with E-state index in [1.165, 1.54) is 65.0 Å². The zero-order chi connectivity index (χ0) is 35.2. The molecule has 0 atom stereocenters. The molecule has 1 nitrogen and oxygen atoms in total. The van der Waals surface area contributed by atoms with Crippen molar-refractivity contribution in [3.05, 3.63) is 235 Å². The van der Waals surface area contributed by atoms with Crippen LogP contribution in [-0.4, -0.2) is 0 Å². The van der Waals surface area contributed by atoms with Crippen molar-refractivity contribution in [3.8, 4) is 32.7 Å². The van der Waals surface area contributed by atoms with Gasteiger partial charge in [0.15, 0.2) is 0 Å². The molecule has 0 unspecified atom stereocenters. The van der Waals surface area contributed by atoms with E-state index in [0.717, 1.165) is 17.1 Å². The lowest BCUT2D eigenvalue weighted by molar-refractivity contribution is 0.777. The van der Waals surface area contributed by atoms with Gasteiger partial charge in [-0.15, -0.1) is 11.3 Å². The van der Waals surface area contributed by atoms with Crippen LogP contribution in [0.2, 0.25) is 0 Å². The van der Waals surface area contributed by atoms with Crippen LogP contribution in [0.3, 0.4) is 0 Å². The summed E-state index contributed by atoms with van der Waals surface area (Å²) in [5.74, 6) is 0. The summed E-state index contributed by atoms with van der Waals surface area (Å²) in [6.07, 6.45) is 0. The van der Waals surface area contributed by atoms with Gasteiger partial charge in [-0.3, -0.25) is 0 Å². The molecule has 2 heteroatoms. The zero-order valence-electron chi connectivity index (χ0n) is 29.1. The summed E-state index contributed by atoms with van der Waals surface area (Å²) < 4.78 is 1.33. The van der Waals surface area contributed by atoms with Crippen LogP contribution >= 0.6 is 11.3 Å². The van der Waals surface area contributed by atoms with E-state index in [9.17, 15) is 0 Å². The van der Waals surface area contributed by atoms with E-state index in [-0.39, 0.29) is 0 Å². The molecule has 250 valence electrons. The zero-order valence-corrected chi connectivity index (χ0v) is 29.9. The van der Waals surface area contributed by atoms with Crippen LogP contribution in [-0.2, 0) is 5.41 Å². The van der Waals surface area contributed by atoms with Gasteiger partial charge in [-0.1, -0.05) is 164 Å². The smallest absolute Gasteiger partial charge is 0.0728 e. The molecule has 10 rings (SSSR count). The largest absolute Gasteiger partial charge is 0.311 e. The van der Waals surface area contributed by atoms with Gasteiger partial charge in [0, 0.05) is 26.6 Å². The van der Waals surface area contributed by atoms with E-state index in [1.54, 1.807) is 0 Å². The SMILES string of the molecule is c1ccc(-c2ccc(N(c3ccccc3)c3ccc(-c4ccc5c(c4)-c4sc6ccccc6c4C5(c4ccccc4)c4ccccc4)cc3)cc2)cc1. The Morgan fingerprint density at radius 3 is 1.43 bits per heavy atom. The normalized spacial score (nSPS) is 12.7. The Bertz CT molecular complexity index is 2640. The first-order valence-corrected chi connectivity index (χ1v) is 19.0. The summed E-state index contributed by atoms with van der Waals surface area (Å²) >= 11 is 1.92. The molecule has 0 saturated carbocycles. The van der Waals surface area contributed by atoms with E-state index in [1.807, 2.05) is 11.3 Å². The van der Waals surface area contributed by atoms with Gasteiger partial charge in [-0.25, -0.2) is 0 Å². The predicted molar refractivity (Wildman–Crippen MR) is 225 cm³/mol. The highest BCUT2D eigenvalue weighted by Gasteiger charge is 2.48. The van der Waals surface area contributed by atoms with Gasteiger partial charge in [0.2, 0.25) is 0 Å². The lowest BCUT2D eigenvalue weighted by Crippen LogP contribution is -2.28. The van der Waals surface area contributed by atoms with E-state index in [2.05, 4.69) is 217 Å². The van der Waals surface area contributed by atoms with Crippen LogP contribution in [0.4, 0.5) is 17.1 Å². The summed E-state index contributed by atoms with van der Waals surface area (Å²) in [5.41, 5.74) is 14.4. The monoisotopic (exact) mass is 693 g/mol. The van der Waals surface area contributed by atoms with Crippen molar-refractivity contribution in [1.82, 2.24) is 0 Å². The number of nitrogens with zero attached hydrogens (tertiary/aromatic N) is 1. The van der Waals surface area contributed by atoms with Crippen LogP contribution in [0, 0.1) is 0 Å².